The third kappa shape index (κ3) is 2.16. The zero-order valence-corrected chi connectivity index (χ0v) is 11.5. The van der Waals surface area contributed by atoms with E-state index < -0.39 is 0 Å². The number of nitrogens with two attached hydrogens (primary N) is 1. The highest BCUT2D eigenvalue weighted by molar-refractivity contribution is 6.01. The molecule has 2 aromatic carbocycles. The van der Waals surface area contributed by atoms with Crippen LogP contribution in [0.1, 0.15) is 24.0 Å². The number of carbonyl (C=O) groups is 1. The highest BCUT2D eigenvalue weighted by Crippen LogP contribution is 2.48. The number of benzene rings is 2. The minimum absolute atomic E-state index is 0.0767. The molecule has 3 heteroatoms. The van der Waals surface area contributed by atoms with Gasteiger partial charge in [0.15, 0.2) is 0 Å². The first-order chi connectivity index (χ1) is 9.62. The van der Waals surface area contributed by atoms with E-state index in [1.54, 1.807) is 0 Å². The first kappa shape index (κ1) is 12.7. The van der Waals surface area contributed by atoms with Gasteiger partial charge in [0, 0.05) is 11.4 Å². The maximum atomic E-state index is 12.6. The molecule has 0 atom stereocenters. The molecule has 1 fully saturated rings. The SMILES string of the molecule is Cc1cc(NC(=O)C2(c3ccccc3)CC2)ccc1N. The molecule has 0 spiro atoms. The van der Waals surface area contributed by atoms with Crippen LogP contribution in [0.25, 0.3) is 0 Å². The molecule has 2 aromatic rings. The number of aryl methyl sites for hydroxylation is 1. The molecule has 20 heavy (non-hydrogen) atoms. The summed E-state index contributed by atoms with van der Waals surface area (Å²) in [6.45, 7) is 1.94. The van der Waals surface area contributed by atoms with Crippen LogP contribution in [0.5, 0.6) is 0 Å². The Hall–Kier alpha value is -2.29. The van der Waals surface area contributed by atoms with Gasteiger partial charge in [0.25, 0.3) is 0 Å². The summed E-state index contributed by atoms with van der Waals surface area (Å²) in [5.74, 6) is 0.0767. The second-order valence-corrected chi connectivity index (χ2v) is 5.47. The molecule has 0 aromatic heterocycles. The van der Waals surface area contributed by atoms with Gasteiger partial charge >= 0.3 is 0 Å². The Morgan fingerprint density at radius 2 is 1.85 bits per heavy atom. The molecule has 3 rings (SSSR count). The van der Waals surface area contributed by atoms with Crippen molar-refractivity contribution in [1.29, 1.82) is 0 Å². The van der Waals surface area contributed by atoms with Gasteiger partial charge in [0.2, 0.25) is 5.91 Å². The van der Waals surface area contributed by atoms with E-state index in [1.807, 2.05) is 55.5 Å². The summed E-state index contributed by atoms with van der Waals surface area (Å²) in [5.41, 5.74) is 9.09. The molecule has 1 amide bonds. The maximum absolute atomic E-state index is 12.6. The molecule has 1 aliphatic carbocycles. The molecule has 0 bridgehead atoms. The fourth-order valence-corrected chi connectivity index (χ4v) is 2.53. The Bertz CT molecular complexity index is 645. The number of amides is 1. The second-order valence-electron chi connectivity index (χ2n) is 5.47. The molecule has 0 aliphatic heterocycles. The van der Waals surface area contributed by atoms with Gasteiger partial charge < -0.3 is 11.1 Å². The fraction of sp³-hybridized carbons (Fsp3) is 0.235. The summed E-state index contributed by atoms with van der Waals surface area (Å²) in [6.07, 6.45) is 1.83. The van der Waals surface area contributed by atoms with E-state index in [1.165, 1.54) is 0 Å². The van der Waals surface area contributed by atoms with E-state index in [4.69, 9.17) is 5.73 Å². The van der Waals surface area contributed by atoms with Crippen molar-refractivity contribution in [3.63, 3.8) is 0 Å². The molecule has 102 valence electrons. The number of anilines is 2. The van der Waals surface area contributed by atoms with Crippen molar-refractivity contribution in [1.82, 2.24) is 0 Å². The predicted molar refractivity (Wildman–Crippen MR) is 81.6 cm³/mol. The first-order valence-electron chi connectivity index (χ1n) is 6.85. The second kappa shape index (κ2) is 4.67. The number of rotatable bonds is 3. The molecule has 0 saturated heterocycles. The molecule has 3 N–H and O–H groups in total. The number of nitrogens with one attached hydrogen (secondary N) is 1. The molecular weight excluding hydrogens is 248 g/mol. The van der Waals surface area contributed by atoms with Crippen molar-refractivity contribution in [2.75, 3.05) is 11.1 Å². The van der Waals surface area contributed by atoms with Crippen LogP contribution in [0.15, 0.2) is 48.5 Å². The molecule has 3 nitrogen and oxygen atoms in total. The maximum Gasteiger partial charge on any atom is 0.235 e. The van der Waals surface area contributed by atoms with Crippen LogP contribution in [0, 0.1) is 6.92 Å². The summed E-state index contributed by atoms with van der Waals surface area (Å²) < 4.78 is 0. The molecule has 0 heterocycles. The molecule has 0 unspecified atom stereocenters. The zero-order chi connectivity index (χ0) is 14.2. The van der Waals surface area contributed by atoms with Gasteiger partial charge in [-0.1, -0.05) is 30.3 Å². The lowest BCUT2D eigenvalue weighted by molar-refractivity contribution is -0.118. The zero-order valence-electron chi connectivity index (χ0n) is 11.5. The van der Waals surface area contributed by atoms with E-state index >= 15 is 0 Å². The lowest BCUT2D eigenvalue weighted by Crippen LogP contribution is -2.27. The summed E-state index contributed by atoms with van der Waals surface area (Å²) in [4.78, 5) is 12.6. The van der Waals surface area contributed by atoms with E-state index in [9.17, 15) is 4.79 Å². The van der Waals surface area contributed by atoms with E-state index in [0.717, 1.165) is 35.3 Å². The first-order valence-corrected chi connectivity index (χ1v) is 6.85. The summed E-state index contributed by atoms with van der Waals surface area (Å²) in [5, 5.41) is 3.02. The summed E-state index contributed by atoms with van der Waals surface area (Å²) >= 11 is 0. The van der Waals surface area contributed by atoms with Gasteiger partial charge in [-0.15, -0.1) is 0 Å². The van der Waals surface area contributed by atoms with E-state index in [2.05, 4.69) is 5.32 Å². The minimum Gasteiger partial charge on any atom is -0.399 e. The number of carbonyl (C=O) groups excluding carboxylic acids is 1. The van der Waals surface area contributed by atoms with E-state index in [-0.39, 0.29) is 11.3 Å². The molecular formula is C17H18N2O. The van der Waals surface area contributed by atoms with Crippen LogP contribution >= 0.6 is 0 Å². The standard InChI is InChI=1S/C17H18N2O/c1-12-11-14(7-8-15(12)18)19-16(20)17(9-10-17)13-5-3-2-4-6-13/h2-8,11H,9-10,18H2,1H3,(H,19,20). The topological polar surface area (TPSA) is 55.1 Å². The van der Waals surface area contributed by atoms with Gasteiger partial charge in [-0.2, -0.15) is 0 Å². The Morgan fingerprint density at radius 3 is 2.45 bits per heavy atom. The summed E-state index contributed by atoms with van der Waals surface area (Å²) in [6, 6.07) is 15.6. The van der Waals surface area contributed by atoms with Crippen molar-refractivity contribution >= 4 is 17.3 Å². The highest BCUT2D eigenvalue weighted by Gasteiger charge is 2.51. The van der Waals surface area contributed by atoms with Crippen molar-refractivity contribution in [3.05, 3.63) is 59.7 Å². The lowest BCUT2D eigenvalue weighted by atomic mass is 9.95. The van der Waals surface area contributed by atoms with Crippen LogP contribution < -0.4 is 11.1 Å². The van der Waals surface area contributed by atoms with E-state index in [0.29, 0.717) is 0 Å². The van der Waals surface area contributed by atoms with Crippen molar-refractivity contribution < 1.29 is 4.79 Å². The van der Waals surface area contributed by atoms with Crippen LogP contribution in [0.4, 0.5) is 11.4 Å². The van der Waals surface area contributed by atoms with Crippen LogP contribution in [-0.4, -0.2) is 5.91 Å². The Labute approximate surface area is 118 Å². The lowest BCUT2D eigenvalue weighted by Gasteiger charge is -2.16. The molecule has 1 saturated carbocycles. The van der Waals surface area contributed by atoms with Crippen LogP contribution in [0.3, 0.4) is 0 Å². The van der Waals surface area contributed by atoms with Gasteiger partial charge in [-0.05, 0) is 49.1 Å². The van der Waals surface area contributed by atoms with Crippen LogP contribution in [0.2, 0.25) is 0 Å². The summed E-state index contributed by atoms with van der Waals surface area (Å²) in [7, 11) is 0. The van der Waals surface area contributed by atoms with Gasteiger partial charge in [-0.3, -0.25) is 4.79 Å². The average Bonchev–Trinajstić information content (AvgIpc) is 3.26. The van der Waals surface area contributed by atoms with Crippen LogP contribution in [-0.2, 0) is 10.2 Å². The molecule has 0 radical (unpaired) electrons. The monoisotopic (exact) mass is 266 g/mol. The number of hydrogen-bond acceptors (Lipinski definition) is 2. The normalized spacial score (nSPS) is 15.7. The van der Waals surface area contributed by atoms with Crippen molar-refractivity contribution in [2.45, 2.75) is 25.2 Å². The van der Waals surface area contributed by atoms with Gasteiger partial charge in [0.1, 0.15) is 0 Å². The Balaban J connectivity index is 1.81. The molecule has 1 aliphatic rings. The highest BCUT2D eigenvalue weighted by atomic mass is 16.2. The largest absolute Gasteiger partial charge is 0.399 e. The predicted octanol–water partition coefficient (Wildman–Crippen LogP) is 3.25. The third-order valence-electron chi connectivity index (χ3n) is 4.04. The quantitative estimate of drug-likeness (QED) is 0.838. The number of hydrogen-bond donors (Lipinski definition) is 2. The van der Waals surface area contributed by atoms with Crippen molar-refractivity contribution in [2.24, 2.45) is 0 Å². The van der Waals surface area contributed by atoms with Gasteiger partial charge in [-0.25, -0.2) is 0 Å². The Morgan fingerprint density at radius 1 is 1.15 bits per heavy atom. The minimum atomic E-state index is -0.337. The van der Waals surface area contributed by atoms with Gasteiger partial charge in [0.05, 0.1) is 5.41 Å². The number of nitrogen functional groups attached to an aromatic ring is 1. The Kier molecular flexibility index (Phi) is 2.97. The fourth-order valence-electron chi connectivity index (χ4n) is 2.53. The smallest absolute Gasteiger partial charge is 0.235 e. The third-order valence-corrected chi connectivity index (χ3v) is 4.04. The van der Waals surface area contributed by atoms with Crippen molar-refractivity contribution in [3.8, 4) is 0 Å². The average molecular weight is 266 g/mol.